The van der Waals surface area contributed by atoms with E-state index in [1.165, 1.54) is 24.4 Å². The molecule has 0 bridgehead atoms. The van der Waals surface area contributed by atoms with E-state index in [1.54, 1.807) is 30.3 Å². The number of nitrogens with zero attached hydrogens (tertiary/aromatic N) is 1. The van der Waals surface area contributed by atoms with Gasteiger partial charge in [-0.25, -0.2) is 4.79 Å². The van der Waals surface area contributed by atoms with Crippen molar-refractivity contribution in [3.05, 3.63) is 77.2 Å². The molecular weight excluding hydrogens is 410 g/mol. The minimum Gasteiger partial charge on any atom is -0.419 e. The second-order valence-electron chi connectivity index (χ2n) is 6.88. The summed E-state index contributed by atoms with van der Waals surface area (Å²) in [5.41, 5.74) is 0.404. The molecule has 0 N–H and O–H groups in total. The number of hydrogen-bond donors (Lipinski definition) is 0. The highest BCUT2D eigenvalue weighted by atomic mass is 32.2. The van der Waals surface area contributed by atoms with Crippen molar-refractivity contribution >= 4 is 21.9 Å². The molecule has 30 heavy (non-hydrogen) atoms. The number of para-hydroxylation sites is 1. The Balaban J connectivity index is 1.75. The van der Waals surface area contributed by atoms with Crippen LogP contribution >= 0.6 is 0 Å². The molecule has 0 aliphatic heterocycles. The van der Waals surface area contributed by atoms with Gasteiger partial charge in [-0.3, -0.25) is 4.79 Å². The van der Waals surface area contributed by atoms with Crippen molar-refractivity contribution in [3.8, 4) is 11.5 Å². The molecule has 0 amide bonds. The lowest BCUT2D eigenvalue weighted by atomic mass is 10.0. The number of esters is 1. The normalized spacial score (nSPS) is 13.6. The van der Waals surface area contributed by atoms with Crippen LogP contribution < -0.4 is 8.92 Å². The number of ether oxygens (including phenoxy) is 1. The number of benzene rings is 2. The van der Waals surface area contributed by atoms with E-state index < -0.39 is 21.9 Å². The minimum absolute atomic E-state index is 0.0797. The van der Waals surface area contributed by atoms with Crippen LogP contribution in [0.4, 0.5) is 0 Å². The van der Waals surface area contributed by atoms with Gasteiger partial charge in [0.25, 0.3) is 0 Å². The summed E-state index contributed by atoms with van der Waals surface area (Å²) >= 11 is 0. The van der Waals surface area contributed by atoms with Gasteiger partial charge in [0.05, 0.1) is 29.1 Å². The molecule has 0 atom stereocenters. The fourth-order valence-corrected chi connectivity index (χ4v) is 3.42. The van der Waals surface area contributed by atoms with Crippen molar-refractivity contribution in [2.45, 2.75) is 18.8 Å². The van der Waals surface area contributed by atoms with Crippen LogP contribution in [0.3, 0.4) is 0 Å². The molecule has 1 heterocycles. The van der Waals surface area contributed by atoms with E-state index in [-0.39, 0.29) is 34.1 Å². The zero-order chi connectivity index (χ0) is 21.3. The third-order valence-corrected chi connectivity index (χ3v) is 4.93. The minimum atomic E-state index is -4.02. The van der Waals surface area contributed by atoms with Crippen molar-refractivity contribution in [1.82, 2.24) is 5.16 Å². The molecule has 1 aromatic heterocycles. The molecular formula is C21H17NO7S. The Kier molecular flexibility index (Phi) is 5.13. The maximum atomic E-state index is 13.2. The summed E-state index contributed by atoms with van der Waals surface area (Å²) in [5.74, 6) is -1.24. The predicted octanol–water partition coefficient (Wildman–Crippen LogP) is 3.34. The molecule has 1 aliphatic carbocycles. The van der Waals surface area contributed by atoms with E-state index in [4.69, 9.17) is 13.4 Å². The Bertz CT molecular complexity index is 1210. The maximum absolute atomic E-state index is 13.2. The lowest BCUT2D eigenvalue weighted by Gasteiger charge is -2.13. The summed E-state index contributed by atoms with van der Waals surface area (Å²) in [5, 5.41) is 3.70. The van der Waals surface area contributed by atoms with Gasteiger partial charge in [0.2, 0.25) is 5.78 Å². The average molecular weight is 427 g/mol. The van der Waals surface area contributed by atoms with Gasteiger partial charge in [-0.15, -0.1) is 0 Å². The summed E-state index contributed by atoms with van der Waals surface area (Å²) in [6.07, 6.45) is 3.91. The third kappa shape index (κ3) is 4.25. The Hall–Kier alpha value is -3.46. The van der Waals surface area contributed by atoms with Crippen LogP contribution in [0, 0.1) is 0 Å². The second-order valence-corrected chi connectivity index (χ2v) is 8.46. The zero-order valence-electron chi connectivity index (χ0n) is 15.9. The Morgan fingerprint density at radius 1 is 1.03 bits per heavy atom. The van der Waals surface area contributed by atoms with Gasteiger partial charge in [0, 0.05) is 5.92 Å². The standard InChI is InChI=1S/C21H17NO7S/c1-30(25,26)29-20-15(18(23)16-12-22-28-19(16)13-10-11-13)8-5-9-17(20)27-21(24)14-6-3-2-4-7-14/h2-9,12-13H,10-11H2,1H3. The fourth-order valence-electron chi connectivity index (χ4n) is 2.95. The first-order valence-electron chi connectivity index (χ1n) is 9.12. The summed E-state index contributed by atoms with van der Waals surface area (Å²) in [6, 6.07) is 12.4. The number of ketones is 1. The van der Waals surface area contributed by atoms with Crippen LogP contribution in [0.5, 0.6) is 11.5 Å². The Labute approximate surface area is 172 Å². The zero-order valence-corrected chi connectivity index (χ0v) is 16.7. The van der Waals surface area contributed by atoms with Gasteiger partial charge >= 0.3 is 16.1 Å². The molecule has 0 saturated heterocycles. The molecule has 4 rings (SSSR count). The molecule has 8 nitrogen and oxygen atoms in total. The third-order valence-electron chi connectivity index (χ3n) is 4.46. The van der Waals surface area contributed by atoms with E-state index >= 15 is 0 Å². The van der Waals surface area contributed by atoms with Gasteiger partial charge in [-0.2, -0.15) is 8.42 Å². The highest BCUT2D eigenvalue weighted by molar-refractivity contribution is 7.86. The number of aromatic nitrogens is 1. The molecule has 9 heteroatoms. The van der Waals surface area contributed by atoms with Gasteiger partial charge in [0.15, 0.2) is 17.3 Å². The first kappa shape index (κ1) is 19.8. The van der Waals surface area contributed by atoms with Gasteiger partial charge in [0.1, 0.15) is 0 Å². The predicted molar refractivity (Wildman–Crippen MR) is 105 cm³/mol. The molecule has 1 aliphatic rings. The molecule has 3 aromatic rings. The van der Waals surface area contributed by atoms with Crippen LogP contribution in [0.1, 0.15) is 50.8 Å². The molecule has 1 fully saturated rings. The smallest absolute Gasteiger partial charge is 0.343 e. The van der Waals surface area contributed by atoms with Crippen molar-refractivity contribution in [2.75, 3.05) is 6.26 Å². The molecule has 2 aromatic carbocycles. The summed E-state index contributed by atoms with van der Waals surface area (Å²) in [4.78, 5) is 25.6. The maximum Gasteiger partial charge on any atom is 0.343 e. The first-order valence-corrected chi connectivity index (χ1v) is 10.9. The summed E-state index contributed by atoms with van der Waals surface area (Å²) in [6.45, 7) is 0. The van der Waals surface area contributed by atoms with Gasteiger partial charge in [-0.05, 0) is 37.1 Å². The molecule has 0 radical (unpaired) electrons. The SMILES string of the molecule is CS(=O)(=O)Oc1c(OC(=O)c2ccccc2)cccc1C(=O)c1cnoc1C1CC1. The van der Waals surface area contributed by atoms with Crippen molar-refractivity contribution in [3.63, 3.8) is 0 Å². The molecule has 0 spiro atoms. The number of hydrogen-bond acceptors (Lipinski definition) is 8. The highest BCUT2D eigenvalue weighted by Crippen LogP contribution is 2.43. The van der Waals surface area contributed by atoms with Crippen LogP contribution in [0.2, 0.25) is 0 Å². The van der Waals surface area contributed by atoms with Gasteiger partial charge in [-0.1, -0.05) is 29.4 Å². The van der Waals surface area contributed by atoms with E-state index in [0.717, 1.165) is 19.1 Å². The summed E-state index contributed by atoms with van der Waals surface area (Å²) < 4.78 is 39.3. The fraction of sp³-hybridized carbons (Fsp3) is 0.190. The number of rotatable bonds is 7. The first-order chi connectivity index (χ1) is 14.3. The van der Waals surface area contributed by atoms with Crippen LogP contribution in [0.25, 0.3) is 0 Å². The molecule has 1 saturated carbocycles. The lowest BCUT2D eigenvalue weighted by Crippen LogP contribution is -2.15. The second kappa shape index (κ2) is 7.75. The van der Waals surface area contributed by atoms with Crippen molar-refractivity contribution in [2.24, 2.45) is 0 Å². The van der Waals surface area contributed by atoms with E-state index in [2.05, 4.69) is 5.16 Å². The molecule has 0 unspecified atom stereocenters. The topological polar surface area (TPSA) is 113 Å². The van der Waals surface area contributed by atoms with Crippen molar-refractivity contribution < 1.29 is 31.4 Å². The largest absolute Gasteiger partial charge is 0.419 e. The average Bonchev–Trinajstić information content (AvgIpc) is 3.44. The van der Waals surface area contributed by atoms with E-state index in [0.29, 0.717) is 5.76 Å². The van der Waals surface area contributed by atoms with E-state index in [1.807, 2.05) is 0 Å². The highest BCUT2D eigenvalue weighted by Gasteiger charge is 2.34. The lowest BCUT2D eigenvalue weighted by molar-refractivity contribution is 0.0730. The Morgan fingerprint density at radius 3 is 2.43 bits per heavy atom. The van der Waals surface area contributed by atoms with Gasteiger partial charge < -0.3 is 13.4 Å². The number of carbonyl (C=O) groups is 2. The summed E-state index contributed by atoms with van der Waals surface area (Å²) in [7, 11) is -4.02. The van der Waals surface area contributed by atoms with Crippen LogP contribution in [-0.4, -0.2) is 31.6 Å². The van der Waals surface area contributed by atoms with E-state index in [9.17, 15) is 18.0 Å². The Morgan fingerprint density at radius 2 is 1.77 bits per heavy atom. The van der Waals surface area contributed by atoms with Crippen LogP contribution in [0.15, 0.2) is 59.3 Å². The van der Waals surface area contributed by atoms with Crippen molar-refractivity contribution in [1.29, 1.82) is 0 Å². The molecule has 154 valence electrons. The quantitative estimate of drug-likeness (QED) is 0.244. The van der Waals surface area contributed by atoms with Crippen LogP contribution in [-0.2, 0) is 10.1 Å². The monoisotopic (exact) mass is 427 g/mol. The number of carbonyl (C=O) groups excluding carboxylic acids is 2.